The van der Waals surface area contributed by atoms with Crippen LogP contribution in [-0.4, -0.2) is 32.6 Å². The molecule has 0 aliphatic heterocycles. The molecular formula is C11H19N2O3+. The smallest absolute Gasteiger partial charge is 0.343 e. The molecule has 5 heteroatoms. The Labute approximate surface area is 95.5 Å². The quantitative estimate of drug-likeness (QED) is 0.208. The number of rotatable bonds is 5. The third-order valence-corrected chi connectivity index (χ3v) is 2.05. The number of nitrogens with two attached hydrogens (primary N) is 1. The van der Waals surface area contributed by atoms with Gasteiger partial charge in [-0.05, 0) is 19.1 Å². The largest absolute Gasteiger partial charge is 0.462 e. The molecule has 3 N–H and O–H groups in total. The molecule has 0 aliphatic rings. The van der Waals surface area contributed by atoms with E-state index in [1.165, 1.54) is 6.08 Å². The number of primary amides is 1. The number of quaternary nitrogens is 1. The summed E-state index contributed by atoms with van der Waals surface area (Å²) >= 11 is 0. The van der Waals surface area contributed by atoms with Crippen LogP contribution < -0.4 is 10.6 Å². The number of carbonyl (C=O) groups excluding carboxylic acids is 2. The van der Waals surface area contributed by atoms with Crippen molar-refractivity contribution in [2.24, 2.45) is 5.73 Å². The fourth-order valence-electron chi connectivity index (χ4n) is 0.835. The van der Waals surface area contributed by atoms with Crippen LogP contribution in [0.4, 0.5) is 0 Å². The summed E-state index contributed by atoms with van der Waals surface area (Å²) < 4.78 is 4.71. The highest BCUT2D eigenvalue weighted by Gasteiger charge is 2.15. The van der Waals surface area contributed by atoms with Crippen LogP contribution in [-0.2, 0) is 14.3 Å². The van der Waals surface area contributed by atoms with Gasteiger partial charge in [0.25, 0.3) is 5.91 Å². The van der Waals surface area contributed by atoms with Crippen LogP contribution in [0.5, 0.6) is 0 Å². The van der Waals surface area contributed by atoms with E-state index in [0.29, 0.717) is 0 Å². The van der Waals surface area contributed by atoms with Gasteiger partial charge in [0.15, 0.2) is 0 Å². The zero-order valence-electron chi connectivity index (χ0n) is 10.2. The first-order chi connectivity index (χ1) is 7.40. The average molecular weight is 227 g/mol. The van der Waals surface area contributed by atoms with Crippen molar-refractivity contribution in [1.29, 1.82) is 0 Å². The van der Waals surface area contributed by atoms with Crippen molar-refractivity contribution in [3.63, 3.8) is 0 Å². The van der Waals surface area contributed by atoms with Crippen LogP contribution in [0, 0.1) is 0 Å². The van der Waals surface area contributed by atoms with Gasteiger partial charge >= 0.3 is 5.97 Å². The molecule has 0 spiro atoms. The molecule has 0 saturated carbocycles. The molecule has 1 amide bonds. The first-order valence-electron chi connectivity index (χ1n) is 5.06. The van der Waals surface area contributed by atoms with E-state index in [0.717, 1.165) is 10.6 Å². The van der Waals surface area contributed by atoms with Gasteiger partial charge in [-0.25, -0.2) is 4.79 Å². The highest BCUT2D eigenvalue weighted by Crippen LogP contribution is 1.99. The third kappa shape index (κ3) is 4.75. The number of hydrogen-bond acceptors (Lipinski definition) is 3. The zero-order chi connectivity index (χ0) is 12.7. The van der Waals surface area contributed by atoms with Crippen molar-refractivity contribution in [3.8, 4) is 0 Å². The molecule has 0 unspecified atom stereocenters. The van der Waals surface area contributed by atoms with Gasteiger partial charge in [-0.3, -0.25) is 4.79 Å². The standard InChI is InChI=1S/C11H18N2O3/c1-5-16-11(15)9(10(12)14)7-6-8(2)13(3)4/h6-7H,5H2,1-4H3,(H2,12,14)/p+1/b8-6+,9-7+. The Morgan fingerprint density at radius 3 is 2.25 bits per heavy atom. The summed E-state index contributed by atoms with van der Waals surface area (Å²) in [6.45, 7) is 3.77. The van der Waals surface area contributed by atoms with Gasteiger partial charge in [0, 0.05) is 6.92 Å². The average Bonchev–Trinajstić information content (AvgIpc) is 2.17. The van der Waals surface area contributed by atoms with Crippen molar-refractivity contribution in [2.75, 3.05) is 20.7 Å². The second kappa shape index (κ2) is 6.79. The first kappa shape index (κ1) is 14.4. The number of allylic oxidation sites excluding steroid dienone is 3. The highest BCUT2D eigenvalue weighted by molar-refractivity contribution is 6.15. The Bertz CT molecular complexity index is 330. The minimum absolute atomic E-state index is 0.137. The molecule has 0 aromatic rings. The van der Waals surface area contributed by atoms with Gasteiger partial charge in [0.05, 0.1) is 20.7 Å². The Kier molecular flexibility index (Phi) is 6.10. The van der Waals surface area contributed by atoms with Crippen molar-refractivity contribution in [3.05, 3.63) is 23.4 Å². The molecule has 0 aromatic carbocycles. The van der Waals surface area contributed by atoms with Gasteiger partial charge in [0.2, 0.25) is 0 Å². The second-order valence-corrected chi connectivity index (χ2v) is 3.51. The van der Waals surface area contributed by atoms with E-state index in [9.17, 15) is 9.59 Å². The Hall–Kier alpha value is -1.62. The van der Waals surface area contributed by atoms with E-state index in [1.807, 2.05) is 21.0 Å². The Morgan fingerprint density at radius 2 is 1.88 bits per heavy atom. The fraction of sp³-hybridized carbons (Fsp3) is 0.455. The summed E-state index contributed by atoms with van der Waals surface area (Å²) in [6.07, 6.45) is 3.06. The van der Waals surface area contributed by atoms with Gasteiger partial charge in [-0.2, -0.15) is 0 Å². The van der Waals surface area contributed by atoms with Crippen LogP contribution in [0.1, 0.15) is 13.8 Å². The molecule has 0 atom stereocenters. The molecule has 0 bridgehead atoms. The molecule has 16 heavy (non-hydrogen) atoms. The van der Waals surface area contributed by atoms with E-state index in [2.05, 4.69) is 0 Å². The molecule has 90 valence electrons. The molecule has 0 aromatic heterocycles. The van der Waals surface area contributed by atoms with E-state index < -0.39 is 11.9 Å². The lowest BCUT2D eigenvalue weighted by Crippen LogP contribution is -3.03. The molecule has 0 heterocycles. The zero-order valence-corrected chi connectivity index (χ0v) is 10.2. The lowest BCUT2D eigenvalue weighted by atomic mass is 10.2. The minimum Gasteiger partial charge on any atom is -0.462 e. The summed E-state index contributed by atoms with van der Waals surface area (Å²) in [6, 6.07) is 0. The minimum atomic E-state index is -0.781. The van der Waals surface area contributed by atoms with E-state index in [1.54, 1.807) is 13.0 Å². The SMILES string of the molecule is CCOC(=O)/C(=C/C=C(\C)[NH+](C)C)C(N)=O. The van der Waals surface area contributed by atoms with E-state index >= 15 is 0 Å². The summed E-state index contributed by atoms with van der Waals surface area (Å²) in [5, 5.41) is 0. The summed E-state index contributed by atoms with van der Waals surface area (Å²) in [5.74, 6) is -1.47. The maximum Gasteiger partial charge on any atom is 0.343 e. The molecule has 5 nitrogen and oxygen atoms in total. The van der Waals surface area contributed by atoms with Crippen LogP contribution in [0.15, 0.2) is 23.4 Å². The molecule has 0 aliphatic carbocycles. The fourth-order valence-corrected chi connectivity index (χ4v) is 0.835. The molecule has 0 rings (SSSR count). The topological polar surface area (TPSA) is 73.8 Å². The lowest BCUT2D eigenvalue weighted by molar-refractivity contribution is -0.816. The number of nitrogens with one attached hydrogen (secondary N) is 1. The van der Waals surface area contributed by atoms with Gasteiger partial charge < -0.3 is 15.4 Å². The van der Waals surface area contributed by atoms with Crippen LogP contribution >= 0.6 is 0 Å². The van der Waals surface area contributed by atoms with Crippen LogP contribution in [0.25, 0.3) is 0 Å². The van der Waals surface area contributed by atoms with E-state index in [4.69, 9.17) is 10.5 Å². The van der Waals surface area contributed by atoms with Gasteiger partial charge in [-0.15, -0.1) is 0 Å². The Morgan fingerprint density at radius 1 is 1.31 bits per heavy atom. The normalized spacial score (nSPS) is 12.8. The number of ether oxygens (including phenoxy) is 1. The third-order valence-electron chi connectivity index (χ3n) is 2.05. The monoisotopic (exact) mass is 227 g/mol. The number of esters is 1. The Balaban J connectivity index is 4.93. The number of carbonyl (C=O) groups is 2. The predicted octanol–water partition coefficient (Wildman–Crippen LogP) is -0.990. The van der Waals surface area contributed by atoms with Crippen molar-refractivity contribution < 1.29 is 19.2 Å². The summed E-state index contributed by atoms with van der Waals surface area (Å²) in [4.78, 5) is 23.5. The van der Waals surface area contributed by atoms with Gasteiger partial charge in [-0.1, -0.05) is 0 Å². The maximum absolute atomic E-state index is 11.3. The highest BCUT2D eigenvalue weighted by atomic mass is 16.5. The van der Waals surface area contributed by atoms with Crippen molar-refractivity contribution in [2.45, 2.75) is 13.8 Å². The number of amides is 1. The van der Waals surface area contributed by atoms with Gasteiger partial charge in [0.1, 0.15) is 11.3 Å². The summed E-state index contributed by atoms with van der Waals surface area (Å²) in [5.41, 5.74) is 5.92. The lowest BCUT2D eigenvalue weighted by Gasteiger charge is -2.05. The molecule has 0 fully saturated rings. The van der Waals surface area contributed by atoms with Crippen LogP contribution in [0.2, 0.25) is 0 Å². The van der Waals surface area contributed by atoms with Crippen molar-refractivity contribution in [1.82, 2.24) is 0 Å². The maximum atomic E-state index is 11.3. The summed E-state index contributed by atoms with van der Waals surface area (Å²) in [7, 11) is 3.88. The van der Waals surface area contributed by atoms with E-state index in [-0.39, 0.29) is 12.2 Å². The molecule has 0 saturated heterocycles. The molecule has 0 radical (unpaired) electrons. The van der Waals surface area contributed by atoms with Crippen LogP contribution in [0.3, 0.4) is 0 Å². The van der Waals surface area contributed by atoms with Crippen molar-refractivity contribution >= 4 is 11.9 Å². The number of hydrogen-bond donors (Lipinski definition) is 2. The predicted molar refractivity (Wildman–Crippen MR) is 60.5 cm³/mol. The second-order valence-electron chi connectivity index (χ2n) is 3.51. The molecular weight excluding hydrogens is 208 g/mol. The first-order valence-corrected chi connectivity index (χ1v) is 5.06.